The highest BCUT2D eigenvalue weighted by atomic mass is 16.3. The van der Waals surface area contributed by atoms with Gasteiger partial charge in [0.25, 0.3) is 0 Å². The number of hydrogen-bond donors (Lipinski definition) is 0. The number of nitrogens with zero attached hydrogens (tertiary/aromatic N) is 2. The van der Waals surface area contributed by atoms with Gasteiger partial charge in [-0.05, 0) is 56.5 Å². The van der Waals surface area contributed by atoms with E-state index in [1.807, 2.05) is 39.0 Å². The van der Waals surface area contributed by atoms with Gasteiger partial charge in [-0.1, -0.05) is 6.07 Å². The lowest BCUT2D eigenvalue weighted by Crippen LogP contribution is -2.37. The molecular formula is C20H24N2O3. The molecule has 1 aromatic carbocycles. The average molecular weight is 340 g/mol. The third-order valence-corrected chi connectivity index (χ3v) is 4.77. The zero-order valence-electron chi connectivity index (χ0n) is 15.2. The van der Waals surface area contributed by atoms with Crippen LogP contribution in [0.4, 0.5) is 5.69 Å². The molecule has 1 fully saturated rings. The van der Waals surface area contributed by atoms with E-state index in [1.54, 1.807) is 23.1 Å². The minimum Gasteiger partial charge on any atom is -0.469 e. The van der Waals surface area contributed by atoms with E-state index in [0.717, 1.165) is 28.1 Å². The van der Waals surface area contributed by atoms with Crippen LogP contribution in [0.2, 0.25) is 0 Å². The molecule has 0 aliphatic carbocycles. The maximum Gasteiger partial charge on any atom is 0.239 e. The molecule has 25 heavy (non-hydrogen) atoms. The first kappa shape index (κ1) is 17.3. The molecule has 3 rings (SSSR count). The van der Waals surface area contributed by atoms with Gasteiger partial charge < -0.3 is 14.2 Å². The fourth-order valence-corrected chi connectivity index (χ4v) is 3.45. The van der Waals surface area contributed by atoms with Gasteiger partial charge >= 0.3 is 0 Å². The van der Waals surface area contributed by atoms with E-state index >= 15 is 0 Å². The van der Waals surface area contributed by atoms with E-state index in [2.05, 4.69) is 6.07 Å². The number of anilines is 1. The molecule has 1 aliphatic heterocycles. The first-order chi connectivity index (χ1) is 11.9. The Labute approximate surface area is 148 Å². The molecule has 1 aliphatic rings. The monoisotopic (exact) mass is 340 g/mol. The van der Waals surface area contributed by atoms with Crippen LogP contribution < -0.4 is 4.90 Å². The summed E-state index contributed by atoms with van der Waals surface area (Å²) >= 11 is 0. The molecule has 2 aromatic rings. The number of furan rings is 1. The Hall–Kier alpha value is -2.56. The van der Waals surface area contributed by atoms with Gasteiger partial charge in [0.1, 0.15) is 11.7 Å². The van der Waals surface area contributed by atoms with Crippen LogP contribution in [-0.4, -0.2) is 30.3 Å². The van der Waals surface area contributed by atoms with E-state index < -0.39 is 5.92 Å². The zero-order valence-corrected chi connectivity index (χ0v) is 15.2. The molecule has 5 nitrogen and oxygen atoms in total. The predicted molar refractivity (Wildman–Crippen MR) is 96.3 cm³/mol. The Morgan fingerprint density at radius 2 is 1.92 bits per heavy atom. The summed E-state index contributed by atoms with van der Waals surface area (Å²) in [4.78, 5) is 28.9. The molecule has 1 saturated heterocycles. The summed E-state index contributed by atoms with van der Waals surface area (Å²) in [7, 11) is 1.74. The van der Waals surface area contributed by atoms with Crippen LogP contribution >= 0.6 is 0 Å². The van der Waals surface area contributed by atoms with Crippen molar-refractivity contribution in [3.8, 4) is 0 Å². The topological polar surface area (TPSA) is 53.8 Å². The van der Waals surface area contributed by atoms with Crippen molar-refractivity contribution in [3.63, 3.8) is 0 Å². The lowest BCUT2D eigenvalue weighted by Gasteiger charge is -2.21. The minimum atomic E-state index is -0.599. The first-order valence-corrected chi connectivity index (χ1v) is 8.54. The molecule has 1 unspecified atom stereocenters. The van der Waals surface area contributed by atoms with E-state index in [0.29, 0.717) is 19.5 Å². The SMILES string of the molecule is Cc1cc(C)cc(N2CCC(C(=O)N(C)Cc3ccoc3C)C2=O)c1. The molecule has 2 amide bonds. The molecule has 0 radical (unpaired) electrons. The van der Waals surface area contributed by atoms with Crippen molar-refractivity contribution in [1.82, 2.24) is 4.90 Å². The Kier molecular flexibility index (Phi) is 4.66. The number of benzene rings is 1. The highest BCUT2D eigenvalue weighted by Crippen LogP contribution is 2.28. The summed E-state index contributed by atoms with van der Waals surface area (Å²) in [5.41, 5.74) is 4.08. The van der Waals surface area contributed by atoms with Gasteiger partial charge in [0.05, 0.1) is 6.26 Å². The van der Waals surface area contributed by atoms with Gasteiger partial charge in [-0.25, -0.2) is 0 Å². The molecule has 0 spiro atoms. The lowest BCUT2D eigenvalue weighted by molar-refractivity contribution is -0.139. The fourth-order valence-electron chi connectivity index (χ4n) is 3.45. The van der Waals surface area contributed by atoms with Crippen LogP contribution in [0.1, 0.15) is 28.9 Å². The third-order valence-electron chi connectivity index (χ3n) is 4.77. The third kappa shape index (κ3) is 3.45. The standard InChI is InChI=1S/C20H24N2O3/c1-13-9-14(2)11-17(10-13)22-7-5-18(20(22)24)19(23)21(4)12-16-6-8-25-15(16)3/h6,8-11,18H,5,7,12H2,1-4H3. The highest BCUT2D eigenvalue weighted by Gasteiger charge is 2.39. The number of amides is 2. The molecule has 1 atom stereocenters. The Balaban J connectivity index is 1.72. The Bertz CT molecular complexity index is 789. The summed E-state index contributed by atoms with van der Waals surface area (Å²) in [6, 6.07) is 7.93. The van der Waals surface area contributed by atoms with Gasteiger partial charge in [-0.15, -0.1) is 0 Å². The number of carbonyl (C=O) groups is 2. The average Bonchev–Trinajstić information content (AvgIpc) is 3.12. The summed E-state index contributed by atoms with van der Waals surface area (Å²) in [6.45, 7) is 6.93. The first-order valence-electron chi connectivity index (χ1n) is 8.54. The summed E-state index contributed by atoms with van der Waals surface area (Å²) in [5, 5.41) is 0. The van der Waals surface area contributed by atoms with Crippen molar-refractivity contribution < 1.29 is 14.0 Å². The van der Waals surface area contributed by atoms with Crippen molar-refractivity contribution in [2.24, 2.45) is 5.92 Å². The Morgan fingerprint density at radius 3 is 2.52 bits per heavy atom. The molecular weight excluding hydrogens is 316 g/mol. The smallest absolute Gasteiger partial charge is 0.239 e. The van der Waals surface area contributed by atoms with Gasteiger partial charge in [0.2, 0.25) is 11.8 Å². The molecule has 0 bridgehead atoms. The van der Waals surface area contributed by atoms with Crippen LogP contribution in [-0.2, 0) is 16.1 Å². The number of hydrogen-bond acceptors (Lipinski definition) is 3. The van der Waals surface area contributed by atoms with Crippen LogP contribution in [0, 0.1) is 26.7 Å². The van der Waals surface area contributed by atoms with E-state index in [1.165, 1.54) is 0 Å². The maximum absolute atomic E-state index is 12.8. The zero-order chi connectivity index (χ0) is 18.1. The summed E-state index contributed by atoms with van der Waals surface area (Å²) < 4.78 is 5.28. The normalized spacial score (nSPS) is 17.2. The van der Waals surface area contributed by atoms with Crippen LogP contribution in [0.5, 0.6) is 0 Å². The summed E-state index contributed by atoms with van der Waals surface area (Å²) in [5.74, 6) is -0.0319. The molecule has 132 valence electrons. The van der Waals surface area contributed by atoms with Gasteiger partial charge in [0.15, 0.2) is 0 Å². The van der Waals surface area contributed by atoms with Gasteiger partial charge in [0, 0.05) is 31.4 Å². The minimum absolute atomic E-state index is 0.106. The largest absolute Gasteiger partial charge is 0.469 e. The molecule has 1 aromatic heterocycles. The number of carbonyl (C=O) groups excluding carboxylic acids is 2. The van der Waals surface area contributed by atoms with Crippen LogP contribution in [0.25, 0.3) is 0 Å². The molecule has 2 heterocycles. The number of aryl methyl sites for hydroxylation is 3. The second-order valence-electron chi connectivity index (χ2n) is 6.87. The highest BCUT2D eigenvalue weighted by molar-refractivity contribution is 6.09. The van der Waals surface area contributed by atoms with E-state index in [-0.39, 0.29) is 11.8 Å². The summed E-state index contributed by atoms with van der Waals surface area (Å²) in [6.07, 6.45) is 2.17. The number of rotatable bonds is 4. The second-order valence-corrected chi connectivity index (χ2v) is 6.87. The van der Waals surface area contributed by atoms with Crippen molar-refractivity contribution >= 4 is 17.5 Å². The van der Waals surface area contributed by atoms with Gasteiger partial charge in [-0.3, -0.25) is 9.59 Å². The lowest BCUT2D eigenvalue weighted by atomic mass is 10.1. The van der Waals surface area contributed by atoms with Crippen molar-refractivity contribution in [2.75, 3.05) is 18.5 Å². The van der Waals surface area contributed by atoms with Crippen LogP contribution in [0.15, 0.2) is 34.9 Å². The van der Waals surface area contributed by atoms with E-state index in [4.69, 9.17) is 4.42 Å². The van der Waals surface area contributed by atoms with Crippen molar-refractivity contribution in [2.45, 2.75) is 33.7 Å². The second kappa shape index (κ2) is 6.75. The molecule has 0 saturated carbocycles. The quantitative estimate of drug-likeness (QED) is 0.803. The van der Waals surface area contributed by atoms with Gasteiger partial charge in [-0.2, -0.15) is 0 Å². The van der Waals surface area contributed by atoms with Crippen LogP contribution in [0.3, 0.4) is 0 Å². The maximum atomic E-state index is 12.8. The Morgan fingerprint density at radius 1 is 1.24 bits per heavy atom. The van der Waals surface area contributed by atoms with Crippen molar-refractivity contribution in [3.05, 3.63) is 53.0 Å². The van der Waals surface area contributed by atoms with E-state index in [9.17, 15) is 9.59 Å². The molecule has 0 N–H and O–H groups in total. The fraction of sp³-hybridized carbons (Fsp3) is 0.400. The molecule has 5 heteroatoms. The predicted octanol–water partition coefficient (Wildman–Crippen LogP) is 3.22. The van der Waals surface area contributed by atoms with Crippen molar-refractivity contribution in [1.29, 1.82) is 0 Å².